The van der Waals surface area contributed by atoms with Crippen molar-refractivity contribution in [1.29, 1.82) is 0 Å². The van der Waals surface area contributed by atoms with E-state index in [9.17, 15) is 17.8 Å². The summed E-state index contributed by atoms with van der Waals surface area (Å²) in [6, 6.07) is 14.5. The summed E-state index contributed by atoms with van der Waals surface area (Å²) in [5, 5.41) is 2.57. The van der Waals surface area contributed by atoms with Crippen molar-refractivity contribution >= 4 is 16.7 Å². The molecule has 0 aliphatic carbocycles. The van der Waals surface area contributed by atoms with Gasteiger partial charge in [-0.15, -0.1) is 0 Å². The molecule has 0 spiro atoms. The second-order valence-corrected chi connectivity index (χ2v) is 6.93. The number of nitrogens with one attached hydrogen (secondary N) is 1. The Morgan fingerprint density at radius 1 is 1.00 bits per heavy atom. The third-order valence-corrected chi connectivity index (χ3v) is 4.98. The number of furan rings is 1. The summed E-state index contributed by atoms with van der Waals surface area (Å²) in [6.45, 7) is 0.0308. The summed E-state index contributed by atoms with van der Waals surface area (Å²) in [5.41, 5.74) is 0.366. The highest BCUT2D eigenvalue weighted by molar-refractivity contribution is 7.84. The summed E-state index contributed by atoms with van der Waals surface area (Å²) < 4.78 is 44.1. The molecule has 1 heterocycles. The van der Waals surface area contributed by atoms with Crippen molar-refractivity contribution in [2.75, 3.05) is 0 Å². The smallest absolute Gasteiger partial charge is 0.287 e. The zero-order valence-corrected chi connectivity index (χ0v) is 14.4. The van der Waals surface area contributed by atoms with Crippen molar-refractivity contribution in [1.82, 2.24) is 5.32 Å². The summed E-state index contributed by atoms with van der Waals surface area (Å²) in [6.07, 6.45) is 0. The lowest BCUT2D eigenvalue weighted by Gasteiger charge is -2.04. The van der Waals surface area contributed by atoms with Crippen LogP contribution in [0, 0.1) is 11.6 Å². The number of halogens is 2. The van der Waals surface area contributed by atoms with Crippen LogP contribution in [0.1, 0.15) is 21.9 Å². The summed E-state index contributed by atoms with van der Waals surface area (Å²) >= 11 is 0. The van der Waals surface area contributed by atoms with E-state index in [2.05, 4.69) is 5.32 Å². The van der Waals surface area contributed by atoms with Gasteiger partial charge in [-0.2, -0.15) is 0 Å². The minimum absolute atomic E-state index is 0.0308. The maximum absolute atomic E-state index is 13.5. The third kappa shape index (κ3) is 4.43. The molecular weight excluding hydrogens is 360 g/mol. The van der Waals surface area contributed by atoms with E-state index in [0.29, 0.717) is 16.2 Å². The number of benzene rings is 2. The Morgan fingerprint density at radius 2 is 1.73 bits per heavy atom. The van der Waals surface area contributed by atoms with E-state index >= 15 is 0 Å². The highest BCUT2D eigenvalue weighted by atomic mass is 32.2. The van der Waals surface area contributed by atoms with Crippen LogP contribution in [0.4, 0.5) is 8.78 Å². The summed E-state index contributed by atoms with van der Waals surface area (Å²) in [7, 11) is -1.42. The molecule has 1 atom stereocenters. The van der Waals surface area contributed by atoms with Gasteiger partial charge in [-0.05, 0) is 42.5 Å². The predicted octanol–water partition coefficient (Wildman–Crippen LogP) is 3.80. The predicted molar refractivity (Wildman–Crippen MR) is 92.8 cm³/mol. The molecule has 3 rings (SSSR count). The van der Waals surface area contributed by atoms with E-state index < -0.39 is 28.3 Å². The lowest BCUT2D eigenvalue weighted by atomic mass is 10.2. The van der Waals surface area contributed by atoms with E-state index in [4.69, 9.17) is 4.42 Å². The molecule has 0 fully saturated rings. The van der Waals surface area contributed by atoms with Crippen LogP contribution in [-0.2, 0) is 23.1 Å². The lowest BCUT2D eigenvalue weighted by molar-refractivity contribution is 0.0921. The molecule has 1 amide bonds. The molecule has 26 heavy (non-hydrogen) atoms. The Kier molecular flexibility index (Phi) is 5.58. The minimum atomic E-state index is -1.42. The highest BCUT2D eigenvalue weighted by Gasteiger charge is 2.14. The molecule has 0 aliphatic rings. The second kappa shape index (κ2) is 8.05. The normalized spacial score (nSPS) is 11.9. The molecule has 2 aromatic carbocycles. The third-order valence-electron chi connectivity index (χ3n) is 3.63. The molecule has 1 N–H and O–H groups in total. The van der Waals surface area contributed by atoms with Crippen molar-refractivity contribution in [3.63, 3.8) is 0 Å². The first-order chi connectivity index (χ1) is 12.5. The van der Waals surface area contributed by atoms with Gasteiger partial charge in [0, 0.05) is 17.0 Å². The average molecular weight is 375 g/mol. The fourth-order valence-corrected chi connectivity index (χ4v) is 3.30. The zero-order valence-electron chi connectivity index (χ0n) is 13.6. The topological polar surface area (TPSA) is 59.3 Å². The highest BCUT2D eigenvalue weighted by Crippen LogP contribution is 2.16. The van der Waals surface area contributed by atoms with Crippen LogP contribution >= 0.6 is 0 Å². The van der Waals surface area contributed by atoms with Crippen molar-refractivity contribution in [3.05, 3.63) is 89.4 Å². The average Bonchev–Trinajstić information content (AvgIpc) is 3.10. The van der Waals surface area contributed by atoms with Crippen molar-refractivity contribution in [2.45, 2.75) is 17.2 Å². The Hall–Kier alpha value is -2.80. The number of amides is 1. The molecule has 1 aromatic heterocycles. The molecule has 0 bridgehead atoms. The van der Waals surface area contributed by atoms with E-state index in [0.717, 1.165) is 0 Å². The van der Waals surface area contributed by atoms with Crippen LogP contribution in [-0.4, -0.2) is 10.1 Å². The molecule has 7 heteroatoms. The molecule has 0 unspecified atom stereocenters. The molecule has 0 aliphatic heterocycles. The number of hydrogen-bond donors (Lipinski definition) is 1. The van der Waals surface area contributed by atoms with Gasteiger partial charge in [0.1, 0.15) is 17.4 Å². The largest absolute Gasteiger partial charge is 0.455 e. The van der Waals surface area contributed by atoms with Crippen LogP contribution in [0.15, 0.2) is 70.0 Å². The van der Waals surface area contributed by atoms with Crippen LogP contribution in [0.2, 0.25) is 0 Å². The maximum Gasteiger partial charge on any atom is 0.287 e. The summed E-state index contributed by atoms with van der Waals surface area (Å²) in [4.78, 5) is 12.6. The molecule has 3 aromatic rings. The van der Waals surface area contributed by atoms with Gasteiger partial charge in [-0.1, -0.05) is 18.2 Å². The first kappa shape index (κ1) is 18.0. The van der Waals surface area contributed by atoms with Crippen molar-refractivity contribution in [2.24, 2.45) is 0 Å². The Bertz CT molecular complexity index is 938. The van der Waals surface area contributed by atoms with E-state index in [1.807, 2.05) is 0 Å². The number of hydrogen-bond acceptors (Lipinski definition) is 3. The lowest BCUT2D eigenvalue weighted by Crippen LogP contribution is -2.22. The van der Waals surface area contributed by atoms with Gasteiger partial charge in [-0.25, -0.2) is 8.78 Å². The van der Waals surface area contributed by atoms with Gasteiger partial charge in [0.15, 0.2) is 5.76 Å². The van der Waals surface area contributed by atoms with Gasteiger partial charge in [0.05, 0.1) is 16.6 Å². The molecule has 4 nitrogen and oxygen atoms in total. The van der Waals surface area contributed by atoms with E-state index in [1.54, 1.807) is 24.3 Å². The number of rotatable bonds is 6. The first-order valence-electron chi connectivity index (χ1n) is 7.77. The van der Waals surface area contributed by atoms with Gasteiger partial charge in [0.25, 0.3) is 5.91 Å². The number of carbonyl (C=O) groups excluding carboxylic acids is 1. The molecule has 0 radical (unpaired) electrons. The molecule has 0 saturated heterocycles. The summed E-state index contributed by atoms with van der Waals surface area (Å²) in [5.74, 6) is -0.824. The van der Waals surface area contributed by atoms with Crippen molar-refractivity contribution in [3.8, 4) is 0 Å². The molecular formula is C19H15F2NO3S. The SMILES string of the molecule is O=C(NCc1ccccc1F)c1ccc(C[S@@](=O)c2ccc(F)cc2)o1. The van der Waals surface area contributed by atoms with Crippen LogP contribution in [0.3, 0.4) is 0 Å². The molecule has 134 valence electrons. The number of carbonyl (C=O) groups is 1. The maximum atomic E-state index is 13.5. The van der Waals surface area contributed by atoms with Gasteiger partial charge in [-0.3, -0.25) is 9.00 Å². The van der Waals surface area contributed by atoms with Crippen molar-refractivity contribution < 1.29 is 22.2 Å². The first-order valence-corrected chi connectivity index (χ1v) is 9.09. The second-order valence-electron chi connectivity index (χ2n) is 5.48. The van der Waals surface area contributed by atoms with Gasteiger partial charge < -0.3 is 9.73 Å². The van der Waals surface area contributed by atoms with Crippen LogP contribution in [0.25, 0.3) is 0 Å². The Labute approximate surface area is 151 Å². The standard InChI is InChI=1S/C19H15F2NO3S/c20-14-5-8-16(9-6-14)26(24)12-15-7-10-18(25-15)19(23)22-11-13-3-1-2-4-17(13)21/h1-10H,11-12H2,(H,22,23)/t26-/m1/s1. The minimum Gasteiger partial charge on any atom is -0.455 e. The fourth-order valence-electron chi connectivity index (χ4n) is 2.28. The Morgan fingerprint density at radius 3 is 2.46 bits per heavy atom. The molecule has 0 saturated carbocycles. The van der Waals surface area contributed by atoms with Gasteiger partial charge in [0.2, 0.25) is 0 Å². The quantitative estimate of drug-likeness (QED) is 0.713. The van der Waals surface area contributed by atoms with Crippen LogP contribution in [0.5, 0.6) is 0 Å². The monoisotopic (exact) mass is 375 g/mol. The van der Waals surface area contributed by atoms with Crippen LogP contribution < -0.4 is 5.32 Å². The fraction of sp³-hybridized carbons (Fsp3) is 0.105. The van der Waals surface area contributed by atoms with E-state index in [1.165, 1.54) is 36.4 Å². The zero-order chi connectivity index (χ0) is 18.5. The van der Waals surface area contributed by atoms with E-state index in [-0.39, 0.29) is 18.1 Å². The van der Waals surface area contributed by atoms with Gasteiger partial charge >= 0.3 is 0 Å². The Balaban J connectivity index is 1.60.